The lowest BCUT2D eigenvalue weighted by Crippen LogP contribution is -2.33. The molecule has 1 unspecified atom stereocenters. The van der Waals surface area contributed by atoms with Gasteiger partial charge in [0.05, 0.1) is 32.0 Å². The maximum absolute atomic E-state index is 12.2. The van der Waals surface area contributed by atoms with Crippen LogP contribution in [0.25, 0.3) is 10.4 Å². The van der Waals surface area contributed by atoms with Crippen LogP contribution in [0.3, 0.4) is 0 Å². The molecule has 38 heavy (non-hydrogen) atoms. The van der Waals surface area contributed by atoms with Crippen LogP contribution in [0.5, 0.6) is 0 Å². The maximum atomic E-state index is 12.2. The maximum Gasteiger partial charge on any atom is 0.472 e. The Kier molecular flexibility index (Phi) is 14.9. The monoisotopic (exact) mass is 559 g/mol. The minimum Gasteiger partial charge on any atom is -0.379 e. The second kappa shape index (κ2) is 17.6. The fourth-order valence-corrected chi connectivity index (χ4v) is 4.95. The van der Waals surface area contributed by atoms with E-state index in [1.807, 2.05) is 0 Å². The van der Waals surface area contributed by atoms with E-state index in [2.05, 4.69) is 21.9 Å². The molecule has 0 radical (unpaired) electrons. The molecule has 0 amide bonds. The molecule has 1 aromatic rings. The fraction of sp³-hybridized carbons (Fsp3) is 0.833. The van der Waals surface area contributed by atoms with Gasteiger partial charge in [-0.3, -0.25) is 23.4 Å². The second-order valence-corrected chi connectivity index (χ2v) is 11.0. The van der Waals surface area contributed by atoms with Gasteiger partial charge >= 0.3 is 13.5 Å². The van der Waals surface area contributed by atoms with Crippen molar-refractivity contribution in [2.45, 2.75) is 103 Å². The number of aromatic amines is 1. The molecule has 0 saturated carbocycles. The smallest absolute Gasteiger partial charge is 0.379 e. The molecule has 1 aliphatic heterocycles. The zero-order valence-electron chi connectivity index (χ0n) is 22.5. The number of ether oxygens (including phenoxy) is 2. The van der Waals surface area contributed by atoms with Gasteiger partial charge in [0.15, 0.2) is 0 Å². The first kappa shape index (κ1) is 32.2. The van der Waals surface area contributed by atoms with Crippen molar-refractivity contribution in [2.24, 2.45) is 5.11 Å². The Morgan fingerprint density at radius 3 is 2.42 bits per heavy atom. The SMILES string of the molecule is CCCCCCCCCCCCOCCOP(=O)(O)OC[C@H]1O[C@@H](n2cc(C)c(=O)[nH]c2=O)C[C@@H]1N=[N+]=[N-]. The highest BCUT2D eigenvalue weighted by atomic mass is 31.2. The number of hydrogen-bond acceptors (Lipinski definition) is 8. The van der Waals surface area contributed by atoms with Crippen LogP contribution in [0.1, 0.15) is 89.3 Å². The second-order valence-electron chi connectivity index (χ2n) is 9.51. The lowest BCUT2D eigenvalue weighted by Gasteiger charge is -2.18. The Morgan fingerprint density at radius 1 is 1.11 bits per heavy atom. The molecule has 13 nitrogen and oxygen atoms in total. The van der Waals surface area contributed by atoms with Crippen LogP contribution in [-0.2, 0) is 23.1 Å². The van der Waals surface area contributed by atoms with Gasteiger partial charge in [-0.2, -0.15) is 0 Å². The molecule has 1 fully saturated rings. The van der Waals surface area contributed by atoms with Gasteiger partial charge in [-0.25, -0.2) is 9.36 Å². The minimum atomic E-state index is -4.40. The average molecular weight is 560 g/mol. The summed E-state index contributed by atoms with van der Waals surface area (Å²) in [4.78, 5) is 38.7. The Balaban J connectivity index is 1.63. The van der Waals surface area contributed by atoms with E-state index in [4.69, 9.17) is 24.1 Å². The van der Waals surface area contributed by atoms with Crippen LogP contribution in [0.4, 0.5) is 0 Å². The van der Waals surface area contributed by atoms with E-state index in [-0.39, 0.29) is 19.6 Å². The number of H-pyrrole nitrogens is 1. The molecule has 2 rings (SSSR count). The molecule has 1 aliphatic rings. The summed E-state index contributed by atoms with van der Waals surface area (Å²) >= 11 is 0. The predicted molar refractivity (Wildman–Crippen MR) is 142 cm³/mol. The van der Waals surface area contributed by atoms with Crippen LogP contribution in [0.2, 0.25) is 0 Å². The standard InChI is InChI=1S/C24H42N5O8P/c1-3-4-5-6-7-8-9-10-11-12-13-34-14-15-35-38(32,33)36-18-21-20(27-28-25)16-22(37-21)29-17-19(2)23(30)26-24(29)31/h17,20-22H,3-16,18H2,1-2H3,(H,32,33)(H,26,30,31)/t20-,21+,22+/m0/s1. The van der Waals surface area contributed by atoms with E-state index in [1.54, 1.807) is 0 Å². The van der Waals surface area contributed by atoms with Crippen LogP contribution < -0.4 is 11.2 Å². The van der Waals surface area contributed by atoms with Crippen molar-refractivity contribution in [2.75, 3.05) is 26.4 Å². The summed E-state index contributed by atoms with van der Waals surface area (Å²) in [7, 11) is -4.40. The van der Waals surface area contributed by atoms with Gasteiger partial charge in [0, 0.05) is 29.7 Å². The summed E-state index contributed by atoms with van der Waals surface area (Å²) < 4.78 is 34.6. The van der Waals surface area contributed by atoms with E-state index in [0.717, 1.165) is 12.8 Å². The number of nitrogens with one attached hydrogen (secondary N) is 1. The Morgan fingerprint density at radius 2 is 1.76 bits per heavy atom. The summed E-state index contributed by atoms with van der Waals surface area (Å²) in [5.74, 6) is 0. The molecule has 1 saturated heterocycles. The largest absolute Gasteiger partial charge is 0.472 e. The molecule has 0 bridgehead atoms. The van der Waals surface area contributed by atoms with Crippen molar-refractivity contribution in [1.82, 2.24) is 9.55 Å². The number of aryl methyl sites for hydroxylation is 1. The Hall–Kier alpha value is -1.98. The van der Waals surface area contributed by atoms with E-state index < -0.39 is 44.1 Å². The van der Waals surface area contributed by atoms with Gasteiger partial charge in [-0.05, 0) is 18.9 Å². The number of azide groups is 1. The van der Waals surface area contributed by atoms with Crippen LogP contribution in [0.15, 0.2) is 20.9 Å². The Bertz CT molecular complexity index is 1040. The van der Waals surface area contributed by atoms with E-state index in [0.29, 0.717) is 12.2 Å². The summed E-state index contributed by atoms with van der Waals surface area (Å²) in [6.07, 6.45) is 12.0. The molecule has 0 spiro atoms. The highest BCUT2D eigenvalue weighted by molar-refractivity contribution is 7.47. The van der Waals surface area contributed by atoms with Gasteiger partial charge in [0.1, 0.15) is 6.23 Å². The van der Waals surface area contributed by atoms with Crippen molar-refractivity contribution in [1.29, 1.82) is 0 Å². The van der Waals surface area contributed by atoms with Crippen LogP contribution in [0, 0.1) is 6.92 Å². The molecular formula is C24H42N5O8P. The summed E-state index contributed by atoms with van der Waals surface area (Å²) in [5, 5.41) is 3.65. The van der Waals surface area contributed by atoms with Crippen molar-refractivity contribution >= 4 is 7.82 Å². The number of nitrogens with zero attached hydrogens (tertiary/aromatic N) is 4. The summed E-state index contributed by atoms with van der Waals surface area (Å²) in [6.45, 7) is 3.96. The van der Waals surface area contributed by atoms with Gasteiger partial charge in [-0.15, -0.1) is 0 Å². The molecule has 0 aliphatic carbocycles. The number of hydrogen-bond donors (Lipinski definition) is 2. The van der Waals surface area contributed by atoms with Crippen molar-refractivity contribution in [3.63, 3.8) is 0 Å². The first-order chi connectivity index (χ1) is 18.3. The highest BCUT2D eigenvalue weighted by Crippen LogP contribution is 2.44. The van der Waals surface area contributed by atoms with E-state index in [9.17, 15) is 19.0 Å². The summed E-state index contributed by atoms with van der Waals surface area (Å²) in [5.41, 5.74) is 7.97. The van der Waals surface area contributed by atoms with E-state index >= 15 is 0 Å². The predicted octanol–water partition coefficient (Wildman–Crippen LogP) is 4.88. The van der Waals surface area contributed by atoms with Gasteiger partial charge in [-0.1, -0.05) is 69.8 Å². The molecular weight excluding hydrogens is 517 g/mol. The highest BCUT2D eigenvalue weighted by Gasteiger charge is 2.38. The van der Waals surface area contributed by atoms with Gasteiger partial charge in [0.25, 0.3) is 5.56 Å². The third-order valence-electron chi connectivity index (χ3n) is 6.39. The lowest BCUT2D eigenvalue weighted by atomic mass is 10.1. The minimum absolute atomic E-state index is 0.118. The number of unbranched alkanes of at least 4 members (excludes halogenated alkanes) is 9. The van der Waals surface area contributed by atoms with E-state index in [1.165, 1.54) is 69.1 Å². The normalized spacial score (nSPS) is 20.8. The van der Waals surface area contributed by atoms with Crippen LogP contribution in [-0.4, -0.2) is 53.0 Å². The molecule has 14 heteroatoms. The Labute approximate surface area is 223 Å². The molecule has 1 aromatic heterocycles. The summed E-state index contributed by atoms with van der Waals surface area (Å²) in [6, 6.07) is -0.756. The zero-order chi connectivity index (χ0) is 27.8. The number of rotatable bonds is 20. The van der Waals surface area contributed by atoms with Gasteiger partial charge in [0.2, 0.25) is 0 Å². The average Bonchev–Trinajstić information content (AvgIpc) is 3.28. The van der Waals surface area contributed by atoms with Gasteiger partial charge < -0.3 is 14.4 Å². The lowest BCUT2D eigenvalue weighted by molar-refractivity contribution is -0.0293. The molecule has 216 valence electrons. The zero-order valence-corrected chi connectivity index (χ0v) is 23.4. The molecule has 2 heterocycles. The molecule has 0 aromatic carbocycles. The van der Waals surface area contributed by atoms with Crippen LogP contribution >= 0.6 is 7.82 Å². The number of aromatic nitrogens is 2. The third kappa shape index (κ3) is 11.8. The quantitative estimate of drug-likeness (QED) is 0.0746. The first-order valence-electron chi connectivity index (χ1n) is 13.5. The van der Waals surface area contributed by atoms with Crippen molar-refractivity contribution < 1.29 is 28.0 Å². The third-order valence-corrected chi connectivity index (χ3v) is 7.37. The molecule has 4 atom stereocenters. The molecule has 2 N–H and O–H groups in total. The topological polar surface area (TPSA) is 178 Å². The first-order valence-corrected chi connectivity index (χ1v) is 15.0. The number of phosphoric ester groups is 1. The fourth-order valence-electron chi connectivity index (χ4n) is 4.23. The van der Waals surface area contributed by atoms with Crippen molar-refractivity contribution in [3.8, 4) is 0 Å². The van der Waals surface area contributed by atoms with Crippen molar-refractivity contribution in [3.05, 3.63) is 43.0 Å². The number of phosphoric acid groups is 1.